The lowest BCUT2D eigenvalue weighted by Gasteiger charge is -2.13. The molecule has 0 radical (unpaired) electrons. The lowest BCUT2D eigenvalue weighted by Crippen LogP contribution is -2.30. The molecule has 120 valence electrons. The molecule has 0 aliphatic rings. The molecule has 1 aromatic carbocycles. The van der Waals surface area contributed by atoms with Gasteiger partial charge in [0.15, 0.2) is 6.10 Å². The van der Waals surface area contributed by atoms with Gasteiger partial charge in [0.25, 0.3) is 11.6 Å². The van der Waals surface area contributed by atoms with E-state index in [2.05, 4.69) is 5.32 Å². The van der Waals surface area contributed by atoms with Crippen molar-refractivity contribution in [3.05, 3.63) is 58.0 Å². The van der Waals surface area contributed by atoms with Gasteiger partial charge < -0.3 is 14.5 Å². The van der Waals surface area contributed by atoms with Gasteiger partial charge in [-0.2, -0.15) is 0 Å². The van der Waals surface area contributed by atoms with E-state index in [-0.39, 0.29) is 11.3 Å². The maximum Gasteiger partial charge on any atom is 0.342 e. The summed E-state index contributed by atoms with van der Waals surface area (Å²) in [5.41, 5.74) is 0.529. The Bertz CT molecular complexity index is 735. The summed E-state index contributed by atoms with van der Waals surface area (Å²) in [6.07, 6.45) is 0.320. The minimum absolute atomic E-state index is 0.0853. The number of nitrogens with zero attached hydrogens (tertiary/aromatic N) is 1. The largest absolute Gasteiger partial charge is 0.469 e. The quantitative estimate of drug-likeness (QED) is 0.515. The molecule has 8 heteroatoms. The van der Waals surface area contributed by atoms with E-state index in [1.165, 1.54) is 43.5 Å². The number of amides is 1. The molecule has 2 aromatic rings. The second-order valence-corrected chi connectivity index (χ2v) is 4.73. The zero-order chi connectivity index (χ0) is 17.0. The number of nitrogens with one attached hydrogen (secondary N) is 1. The normalized spacial score (nSPS) is 11.6. The van der Waals surface area contributed by atoms with Crippen LogP contribution in [0.25, 0.3) is 0 Å². The highest BCUT2D eigenvalue weighted by Crippen LogP contribution is 2.16. The van der Waals surface area contributed by atoms with Crippen LogP contribution < -0.4 is 5.32 Å². The molecule has 8 nitrogen and oxygen atoms in total. The molecule has 1 heterocycles. The van der Waals surface area contributed by atoms with E-state index in [0.29, 0.717) is 11.4 Å². The van der Waals surface area contributed by atoms with Gasteiger partial charge in [-0.3, -0.25) is 14.9 Å². The van der Waals surface area contributed by atoms with Crippen molar-refractivity contribution < 1.29 is 23.7 Å². The zero-order valence-electron chi connectivity index (χ0n) is 12.4. The first-order valence-electron chi connectivity index (χ1n) is 6.69. The van der Waals surface area contributed by atoms with Crippen LogP contribution in [0.3, 0.4) is 0 Å². The van der Waals surface area contributed by atoms with Crippen molar-refractivity contribution in [2.24, 2.45) is 0 Å². The first-order valence-corrected chi connectivity index (χ1v) is 6.69. The van der Waals surface area contributed by atoms with E-state index in [4.69, 9.17) is 9.15 Å². The number of esters is 1. The number of rotatable bonds is 5. The minimum atomic E-state index is -1.04. The van der Waals surface area contributed by atoms with Crippen molar-refractivity contribution in [3.63, 3.8) is 0 Å². The summed E-state index contributed by atoms with van der Waals surface area (Å²) in [5.74, 6) is -0.811. The number of furan rings is 1. The third-order valence-electron chi connectivity index (χ3n) is 3.08. The number of aryl methyl sites for hydroxylation is 1. The van der Waals surface area contributed by atoms with E-state index >= 15 is 0 Å². The fourth-order valence-corrected chi connectivity index (χ4v) is 1.78. The van der Waals surface area contributed by atoms with Gasteiger partial charge in [0.2, 0.25) is 0 Å². The Morgan fingerprint density at radius 1 is 1.26 bits per heavy atom. The summed E-state index contributed by atoms with van der Waals surface area (Å²) in [4.78, 5) is 33.9. The molecule has 0 spiro atoms. The Balaban J connectivity index is 1.96. The van der Waals surface area contributed by atoms with Crippen molar-refractivity contribution in [3.8, 4) is 0 Å². The minimum Gasteiger partial charge on any atom is -0.469 e. The molecule has 0 aliphatic carbocycles. The molecule has 0 bridgehead atoms. The molecular weight excluding hydrogens is 304 g/mol. The van der Waals surface area contributed by atoms with E-state index in [0.717, 1.165) is 0 Å². The van der Waals surface area contributed by atoms with E-state index in [9.17, 15) is 19.7 Å². The predicted octanol–water partition coefficient (Wildman–Crippen LogP) is 2.68. The molecule has 1 aromatic heterocycles. The average Bonchev–Trinajstić information content (AvgIpc) is 2.93. The van der Waals surface area contributed by atoms with Crippen LogP contribution in [0.5, 0.6) is 0 Å². The van der Waals surface area contributed by atoms with Crippen molar-refractivity contribution >= 4 is 23.3 Å². The number of nitro groups is 1. The summed E-state index contributed by atoms with van der Waals surface area (Å²) in [7, 11) is 0. The SMILES string of the molecule is Cc1occc1C(=O)OC(C)C(=O)Nc1ccc([N+](=O)[O-])cc1. The number of anilines is 1. The molecule has 2 rings (SSSR count). The van der Waals surface area contributed by atoms with Gasteiger partial charge in [0, 0.05) is 17.8 Å². The molecule has 0 saturated heterocycles. The lowest BCUT2D eigenvalue weighted by atomic mass is 10.2. The smallest absolute Gasteiger partial charge is 0.342 e. The predicted molar refractivity (Wildman–Crippen MR) is 80.0 cm³/mol. The number of hydrogen-bond acceptors (Lipinski definition) is 6. The summed E-state index contributed by atoms with van der Waals surface area (Å²) >= 11 is 0. The number of benzene rings is 1. The van der Waals surface area contributed by atoms with Crippen LogP contribution in [0.15, 0.2) is 41.0 Å². The second kappa shape index (κ2) is 6.73. The Morgan fingerprint density at radius 2 is 1.91 bits per heavy atom. The van der Waals surface area contributed by atoms with Gasteiger partial charge in [-0.1, -0.05) is 0 Å². The Hall–Kier alpha value is -3.16. The third-order valence-corrected chi connectivity index (χ3v) is 3.08. The summed E-state index contributed by atoms with van der Waals surface area (Å²) in [5, 5.41) is 13.1. The molecular formula is C15H14N2O6. The third kappa shape index (κ3) is 3.94. The van der Waals surface area contributed by atoms with Crippen molar-refractivity contribution in [1.29, 1.82) is 0 Å². The van der Waals surface area contributed by atoms with Crippen LogP contribution in [0.2, 0.25) is 0 Å². The lowest BCUT2D eigenvalue weighted by molar-refractivity contribution is -0.384. The number of ether oxygens (including phenoxy) is 1. The Kier molecular flexibility index (Phi) is 4.75. The molecule has 1 amide bonds. The van der Waals surface area contributed by atoms with Crippen molar-refractivity contribution in [2.45, 2.75) is 20.0 Å². The number of hydrogen-bond donors (Lipinski definition) is 1. The maximum absolute atomic E-state index is 12.0. The Morgan fingerprint density at radius 3 is 2.43 bits per heavy atom. The van der Waals surface area contributed by atoms with Gasteiger partial charge >= 0.3 is 5.97 Å². The van der Waals surface area contributed by atoms with Gasteiger partial charge in [0.1, 0.15) is 11.3 Å². The van der Waals surface area contributed by atoms with Crippen LogP contribution in [0.1, 0.15) is 23.0 Å². The van der Waals surface area contributed by atoms with Crippen LogP contribution in [0, 0.1) is 17.0 Å². The van der Waals surface area contributed by atoms with Crippen LogP contribution >= 0.6 is 0 Å². The van der Waals surface area contributed by atoms with E-state index in [1.54, 1.807) is 6.92 Å². The van der Waals surface area contributed by atoms with E-state index < -0.39 is 22.9 Å². The number of nitro benzene ring substituents is 1. The summed E-state index contributed by atoms with van der Waals surface area (Å²) < 4.78 is 10.0. The fourth-order valence-electron chi connectivity index (χ4n) is 1.78. The standard InChI is InChI=1S/C15H14N2O6/c1-9-13(7-8-22-9)15(19)23-10(2)14(18)16-11-3-5-12(6-4-11)17(20)21/h3-8,10H,1-2H3,(H,16,18). The maximum atomic E-state index is 12.0. The second-order valence-electron chi connectivity index (χ2n) is 4.73. The molecule has 0 aliphatic heterocycles. The highest BCUT2D eigenvalue weighted by Gasteiger charge is 2.21. The summed E-state index contributed by atoms with van der Waals surface area (Å²) in [6, 6.07) is 6.77. The van der Waals surface area contributed by atoms with E-state index in [1.807, 2.05) is 0 Å². The number of carbonyl (C=O) groups excluding carboxylic acids is 2. The highest BCUT2D eigenvalue weighted by molar-refractivity contribution is 5.97. The Labute approximate surface area is 131 Å². The zero-order valence-corrected chi connectivity index (χ0v) is 12.4. The van der Waals surface area contributed by atoms with Gasteiger partial charge in [-0.15, -0.1) is 0 Å². The van der Waals surface area contributed by atoms with Crippen molar-refractivity contribution in [2.75, 3.05) is 5.32 Å². The average molecular weight is 318 g/mol. The molecule has 23 heavy (non-hydrogen) atoms. The highest BCUT2D eigenvalue weighted by atomic mass is 16.6. The monoisotopic (exact) mass is 318 g/mol. The van der Waals surface area contributed by atoms with Crippen LogP contribution in [0.4, 0.5) is 11.4 Å². The van der Waals surface area contributed by atoms with Gasteiger partial charge in [0.05, 0.1) is 11.2 Å². The van der Waals surface area contributed by atoms with Crippen LogP contribution in [-0.4, -0.2) is 22.9 Å². The molecule has 1 atom stereocenters. The van der Waals surface area contributed by atoms with Crippen molar-refractivity contribution in [1.82, 2.24) is 0 Å². The molecule has 1 N–H and O–H groups in total. The number of non-ortho nitro benzene ring substituents is 1. The molecule has 0 saturated carbocycles. The van der Waals surface area contributed by atoms with Gasteiger partial charge in [-0.05, 0) is 32.0 Å². The fraction of sp³-hybridized carbons (Fsp3) is 0.200. The topological polar surface area (TPSA) is 112 Å². The first-order chi connectivity index (χ1) is 10.9. The first kappa shape index (κ1) is 16.2. The number of carbonyl (C=O) groups is 2. The summed E-state index contributed by atoms with van der Waals surface area (Å²) in [6.45, 7) is 3.03. The molecule has 1 unspecified atom stereocenters. The molecule has 0 fully saturated rings. The van der Waals surface area contributed by atoms with Crippen LogP contribution in [-0.2, 0) is 9.53 Å². The van der Waals surface area contributed by atoms with Gasteiger partial charge in [-0.25, -0.2) is 4.79 Å².